The summed E-state index contributed by atoms with van der Waals surface area (Å²) in [6.45, 7) is 0.455. The largest absolute Gasteiger partial charge is 0.481 e. The number of carboxylic acids is 1. The Labute approximate surface area is 120 Å². The lowest BCUT2D eigenvalue weighted by Crippen LogP contribution is -2.47. The number of carbonyl (C=O) groups excluding carboxylic acids is 1. The second kappa shape index (κ2) is 7.07. The van der Waals surface area contributed by atoms with E-state index in [1.54, 1.807) is 0 Å². The molecule has 0 aromatic heterocycles. The third kappa shape index (κ3) is 3.72. The van der Waals surface area contributed by atoms with E-state index < -0.39 is 12.0 Å². The molecule has 3 atom stereocenters. The summed E-state index contributed by atoms with van der Waals surface area (Å²) in [6.07, 6.45) is 8.04. The topological polar surface area (TPSA) is 92.4 Å². The van der Waals surface area contributed by atoms with Gasteiger partial charge in [0.05, 0.1) is 12.0 Å². The number of hydrogen-bond donors (Lipinski definition) is 3. The molecule has 2 rings (SSSR count). The number of amides is 1. The lowest BCUT2D eigenvalue weighted by Gasteiger charge is -2.29. The fourth-order valence-corrected chi connectivity index (χ4v) is 3.66. The molecule has 0 bridgehead atoms. The van der Waals surface area contributed by atoms with E-state index in [0.29, 0.717) is 12.5 Å². The quantitative estimate of drug-likeness (QED) is 0.712. The van der Waals surface area contributed by atoms with Crippen LogP contribution in [0.25, 0.3) is 0 Å². The Morgan fingerprint density at radius 1 is 1.10 bits per heavy atom. The number of carboxylic acid groups (broad SMARTS) is 1. The van der Waals surface area contributed by atoms with Crippen molar-refractivity contribution in [1.82, 2.24) is 5.32 Å². The Morgan fingerprint density at radius 3 is 2.35 bits per heavy atom. The normalized spacial score (nSPS) is 29.1. The van der Waals surface area contributed by atoms with Gasteiger partial charge in [0.25, 0.3) is 0 Å². The van der Waals surface area contributed by atoms with Crippen LogP contribution in [0.15, 0.2) is 0 Å². The highest BCUT2D eigenvalue weighted by atomic mass is 16.4. The highest BCUT2D eigenvalue weighted by molar-refractivity contribution is 5.82. The Hall–Kier alpha value is -1.10. The van der Waals surface area contributed by atoms with E-state index in [1.807, 2.05) is 0 Å². The predicted molar refractivity (Wildman–Crippen MR) is 76.0 cm³/mol. The van der Waals surface area contributed by atoms with Gasteiger partial charge in [-0.3, -0.25) is 9.59 Å². The van der Waals surface area contributed by atoms with Gasteiger partial charge in [-0.15, -0.1) is 0 Å². The average molecular weight is 282 g/mol. The summed E-state index contributed by atoms with van der Waals surface area (Å²) in [6, 6.07) is -0.427. The average Bonchev–Trinajstić information content (AvgIpc) is 2.98. The SMILES string of the molecule is N[C@H](C(=O)NC[C@@H]1CCCC[C@@H]1C(=O)O)C1CCCC1. The van der Waals surface area contributed by atoms with Crippen molar-refractivity contribution in [3.05, 3.63) is 0 Å². The zero-order valence-corrected chi connectivity index (χ0v) is 12.0. The predicted octanol–water partition coefficient (Wildman–Crippen LogP) is 1.51. The van der Waals surface area contributed by atoms with Gasteiger partial charge in [-0.05, 0) is 37.5 Å². The second-order valence-corrected chi connectivity index (χ2v) is 6.30. The summed E-state index contributed by atoms with van der Waals surface area (Å²) >= 11 is 0. The van der Waals surface area contributed by atoms with E-state index in [2.05, 4.69) is 5.32 Å². The van der Waals surface area contributed by atoms with Crippen molar-refractivity contribution in [2.45, 2.75) is 57.4 Å². The van der Waals surface area contributed by atoms with Crippen LogP contribution in [-0.4, -0.2) is 29.6 Å². The molecular weight excluding hydrogens is 256 g/mol. The maximum Gasteiger partial charge on any atom is 0.306 e. The molecule has 5 heteroatoms. The Bertz CT molecular complexity index is 353. The molecule has 0 spiro atoms. The number of rotatable bonds is 5. The number of carbonyl (C=O) groups is 2. The Kier molecular flexibility index (Phi) is 5.40. The molecule has 114 valence electrons. The number of aliphatic carboxylic acids is 1. The molecule has 0 unspecified atom stereocenters. The summed E-state index contributed by atoms with van der Waals surface area (Å²) in [5.74, 6) is -0.792. The summed E-state index contributed by atoms with van der Waals surface area (Å²) in [4.78, 5) is 23.3. The third-order valence-corrected chi connectivity index (χ3v) is 4.98. The summed E-state index contributed by atoms with van der Waals surface area (Å²) in [7, 11) is 0. The summed E-state index contributed by atoms with van der Waals surface area (Å²) in [5, 5.41) is 12.1. The number of hydrogen-bond acceptors (Lipinski definition) is 3. The van der Waals surface area contributed by atoms with Gasteiger partial charge in [-0.1, -0.05) is 25.7 Å². The van der Waals surface area contributed by atoms with Gasteiger partial charge in [0.1, 0.15) is 0 Å². The van der Waals surface area contributed by atoms with Gasteiger partial charge >= 0.3 is 5.97 Å². The molecule has 4 N–H and O–H groups in total. The van der Waals surface area contributed by atoms with E-state index >= 15 is 0 Å². The van der Waals surface area contributed by atoms with Gasteiger partial charge in [0, 0.05) is 6.54 Å². The molecule has 5 nitrogen and oxygen atoms in total. The van der Waals surface area contributed by atoms with Crippen molar-refractivity contribution >= 4 is 11.9 Å². The molecule has 0 aromatic carbocycles. The van der Waals surface area contributed by atoms with Gasteiger partial charge < -0.3 is 16.2 Å². The molecule has 0 aliphatic heterocycles. The molecule has 2 fully saturated rings. The van der Waals surface area contributed by atoms with E-state index in [9.17, 15) is 14.7 Å². The zero-order valence-electron chi connectivity index (χ0n) is 12.0. The van der Waals surface area contributed by atoms with Gasteiger partial charge in [0.2, 0.25) is 5.91 Å². The van der Waals surface area contributed by atoms with E-state index in [4.69, 9.17) is 5.73 Å². The second-order valence-electron chi connectivity index (χ2n) is 6.30. The maximum atomic E-state index is 12.1. The molecule has 0 aromatic rings. The minimum Gasteiger partial charge on any atom is -0.481 e. The first kappa shape index (κ1) is 15.3. The molecule has 20 heavy (non-hydrogen) atoms. The van der Waals surface area contributed by atoms with Crippen molar-refractivity contribution < 1.29 is 14.7 Å². The number of nitrogens with one attached hydrogen (secondary N) is 1. The first-order valence-electron chi connectivity index (χ1n) is 7.85. The molecule has 0 radical (unpaired) electrons. The summed E-state index contributed by atoms with van der Waals surface area (Å²) < 4.78 is 0. The van der Waals surface area contributed by atoms with Crippen LogP contribution in [-0.2, 0) is 9.59 Å². The fourth-order valence-electron chi connectivity index (χ4n) is 3.66. The van der Waals surface area contributed by atoms with Crippen molar-refractivity contribution in [3.63, 3.8) is 0 Å². The summed E-state index contributed by atoms with van der Waals surface area (Å²) in [5.41, 5.74) is 6.00. The first-order valence-corrected chi connectivity index (χ1v) is 7.85. The molecule has 2 saturated carbocycles. The smallest absolute Gasteiger partial charge is 0.306 e. The standard InChI is InChI=1S/C15H26N2O3/c16-13(10-5-1-2-6-10)14(18)17-9-11-7-3-4-8-12(11)15(19)20/h10-13H,1-9,16H2,(H,17,18)(H,19,20)/t11-,12-,13-/m0/s1. The Balaban J connectivity index is 1.80. The van der Waals surface area contributed by atoms with Crippen molar-refractivity contribution in [3.8, 4) is 0 Å². The molecule has 1 amide bonds. The van der Waals surface area contributed by atoms with Crippen molar-refractivity contribution in [1.29, 1.82) is 0 Å². The lowest BCUT2D eigenvalue weighted by atomic mass is 9.79. The molecule has 2 aliphatic rings. The third-order valence-electron chi connectivity index (χ3n) is 4.98. The van der Waals surface area contributed by atoms with Crippen LogP contribution in [0, 0.1) is 17.8 Å². The van der Waals surface area contributed by atoms with Crippen LogP contribution in [0.5, 0.6) is 0 Å². The molecular formula is C15H26N2O3. The first-order chi connectivity index (χ1) is 9.59. The maximum absolute atomic E-state index is 12.1. The van der Waals surface area contributed by atoms with Gasteiger partial charge in [-0.2, -0.15) is 0 Å². The zero-order chi connectivity index (χ0) is 14.5. The molecule has 2 aliphatic carbocycles. The van der Waals surface area contributed by atoms with Crippen LogP contribution in [0.1, 0.15) is 51.4 Å². The molecule has 0 heterocycles. The Morgan fingerprint density at radius 2 is 1.70 bits per heavy atom. The fraction of sp³-hybridized carbons (Fsp3) is 0.867. The lowest BCUT2D eigenvalue weighted by molar-refractivity contribution is -0.145. The molecule has 0 saturated heterocycles. The minimum atomic E-state index is -0.732. The van der Waals surface area contributed by atoms with Crippen molar-refractivity contribution in [2.24, 2.45) is 23.5 Å². The monoisotopic (exact) mass is 282 g/mol. The highest BCUT2D eigenvalue weighted by Gasteiger charge is 2.32. The number of nitrogens with two attached hydrogens (primary N) is 1. The highest BCUT2D eigenvalue weighted by Crippen LogP contribution is 2.30. The van der Waals surface area contributed by atoms with Crippen molar-refractivity contribution in [2.75, 3.05) is 6.54 Å². The van der Waals surface area contributed by atoms with Crippen LogP contribution in [0.2, 0.25) is 0 Å². The van der Waals surface area contributed by atoms with E-state index in [-0.39, 0.29) is 17.7 Å². The minimum absolute atomic E-state index is 0.0565. The van der Waals surface area contributed by atoms with Crippen LogP contribution >= 0.6 is 0 Å². The van der Waals surface area contributed by atoms with Crippen LogP contribution in [0.3, 0.4) is 0 Å². The van der Waals surface area contributed by atoms with Gasteiger partial charge in [-0.25, -0.2) is 0 Å². The van der Waals surface area contributed by atoms with E-state index in [1.165, 1.54) is 0 Å². The van der Waals surface area contributed by atoms with Gasteiger partial charge in [0.15, 0.2) is 0 Å². The van der Waals surface area contributed by atoms with Crippen LogP contribution < -0.4 is 11.1 Å². The van der Waals surface area contributed by atoms with E-state index in [0.717, 1.165) is 51.4 Å². The van der Waals surface area contributed by atoms with Crippen LogP contribution in [0.4, 0.5) is 0 Å².